The van der Waals surface area contributed by atoms with E-state index in [0.29, 0.717) is 0 Å². The third-order valence-corrected chi connectivity index (χ3v) is 18.4. The molecule has 1 saturated heterocycles. The summed E-state index contributed by atoms with van der Waals surface area (Å²) >= 11 is 0. The summed E-state index contributed by atoms with van der Waals surface area (Å²) in [7, 11) is -0.807. The van der Waals surface area contributed by atoms with E-state index in [-0.39, 0.29) is 23.9 Å². The van der Waals surface area contributed by atoms with E-state index in [0.717, 1.165) is 6.04 Å². The third-order valence-electron chi connectivity index (χ3n) is 1.71. The van der Waals surface area contributed by atoms with Gasteiger partial charge in [-0.3, -0.25) is 0 Å². The zero-order valence-corrected chi connectivity index (χ0v) is 9.82. The van der Waals surface area contributed by atoms with Gasteiger partial charge in [0.05, 0.1) is 0 Å². The van der Waals surface area contributed by atoms with Gasteiger partial charge in [0.2, 0.25) is 0 Å². The summed E-state index contributed by atoms with van der Waals surface area (Å²) in [6, 6.07) is 1.06. The van der Waals surface area contributed by atoms with E-state index in [2.05, 4.69) is 11.5 Å². The van der Waals surface area contributed by atoms with Gasteiger partial charge in [-0.15, -0.1) is 18.4 Å². The van der Waals surface area contributed by atoms with Crippen molar-refractivity contribution in [2.45, 2.75) is 12.1 Å². The minimum atomic E-state index is -0.720. The Morgan fingerprint density at radius 3 is 3.00 bits per heavy atom. The third kappa shape index (κ3) is 1.86. The summed E-state index contributed by atoms with van der Waals surface area (Å²) in [5, 5.41) is 0. The van der Waals surface area contributed by atoms with Crippen molar-refractivity contribution >= 4 is 26.1 Å². The molecule has 1 heterocycles. The molecule has 0 aromatic heterocycles. The van der Waals surface area contributed by atoms with Crippen LogP contribution in [0, 0.1) is 24.3 Å². The number of hydrogen-bond acceptors (Lipinski definition) is 1. The van der Waals surface area contributed by atoms with Crippen LogP contribution in [0.25, 0.3) is 0 Å². The molecule has 0 amide bonds. The lowest BCUT2D eigenvalue weighted by atomic mass is 10.4. The molecule has 0 saturated carbocycles. The van der Waals surface area contributed by atoms with Crippen LogP contribution in [0.4, 0.5) is 0 Å². The van der Waals surface area contributed by atoms with Crippen LogP contribution in [0.15, 0.2) is 0 Å². The van der Waals surface area contributed by atoms with Crippen LogP contribution in [0.3, 0.4) is 0 Å². The second kappa shape index (κ2) is 3.79. The molecule has 2 atom stereocenters. The van der Waals surface area contributed by atoms with Crippen LogP contribution in [0.1, 0.15) is 0 Å². The van der Waals surface area contributed by atoms with Gasteiger partial charge < -0.3 is 4.43 Å². The molecular formula is C6H10OSi3. The predicted octanol–water partition coefficient (Wildman–Crippen LogP) is -1.92. The number of rotatable bonds is 0. The van der Waals surface area contributed by atoms with E-state index in [9.17, 15) is 0 Å². The van der Waals surface area contributed by atoms with Gasteiger partial charge in [-0.2, -0.15) is 0 Å². The molecule has 4 heteroatoms. The monoisotopic (exact) mass is 182 g/mol. The van der Waals surface area contributed by atoms with Crippen LogP contribution in [-0.4, -0.2) is 32.3 Å². The van der Waals surface area contributed by atoms with Crippen LogP contribution in [0.2, 0.25) is 6.04 Å². The summed E-state index contributed by atoms with van der Waals surface area (Å²) in [5.41, 5.74) is 2.93. The highest BCUT2D eigenvalue weighted by atomic mass is 29.5. The summed E-state index contributed by atoms with van der Waals surface area (Å²) in [6.07, 6.45) is 10.7. The molecule has 0 aromatic carbocycles. The Kier molecular flexibility index (Phi) is 2.97. The zero-order valence-electron chi connectivity index (χ0n) is 5.84. The molecule has 0 aromatic rings. The maximum absolute atomic E-state index is 5.46. The van der Waals surface area contributed by atoms with Crippen molar-refractivity contribution in [3.8, 4) is 24.3 Å². The van der Waals surface area contributed by atoms with Crippen molar-refractivity contribution in [2.24, 2.45) is 0 Å². The summed E-state index contributed by atoms with van der Waals surface area (Å²) < 4.78 is 5.46. The molecule has 1 aliphatic heterocycles. The first-order chi connectivity index (χ1) is 4.86. The Hall–Kier alpha value is -0.269. The van der Waals surface area contributed by atoms with Crippen molar-refractivity contribution in [1.29, 1.82) is 0 Å². The smallest absolute Gasteiger partial charge is 0.143 e. The molecule has 0 N–H and O–H groups in total. The molecule has 1 rings (SSSR count). The van der Waals surface area contributed by atoms with Gasteiger partial charge in [0.25, 0.3) is 0 Å². The van der Waals surface area contributed by atoms with Gasteiger partial charge in [-0.25, -0.2) is 0 Å². The second-order valence-electron chi connectivity index (χ2n) is 2.41. The van der Waals surface area contributed by atoms with Crippen LogP contribution in [0.5, 0.6) is 0 Å². The molecule has 1 nitrogen and oxygen atoms in total. The van der Waals surface area contributed by atoms with Crippen molar-refractivity contribution in [3.63, 3.8) is 0 Å². The average molecular weight is 182 g/mol. The van der Waals surface area contributed by atoms with Crippen LogP contribution < -0.4 is 0 Å². The Bertz CT molecular complexity index is 170. The topological polar surface area (TPSA) is 9.23 Å². The Morgan fingerprint density at radius 2 is 2.40 bits per heavy atom. The van der Waals surface area contributed by atoms with Gasteiger partial charge in [-0.05, 0) is 6.04 Å². The fourth-order valence-electron chi connectivity index (χ4n) is 1.06. The largest absolute Gasteiger partial charge is 0.415 e. The molecule has 10 heavy (non-hydrogen) atoms. The van der Waals surface area contributed by atoms with E-state index in [1.807, 2.05) is 0 Å². The van der Waals surface area contributed by atoms with E-state index >= 15 is 0 Å². The van der Waals surface area contributed by atoms with E-state index < -0.39 is 8.31 Å². The molecule has 0 aliphatic carbocycles. The molecule has 1 aliphatic rings. The molecule has 1 fully saturated rings. The first kappa shape index (κ1) is 7.83. The lowest BCUT2D eigenvalue weighted by Gasteiger charge is -2.20. The number of hydrogen-bond donors (Lipinski definition) is 0. The molecule has 2 unspecified atom stereocenters. The quantitative estimate of drug-likeness (QED) is 0.314. The molecule has 0 bridgehead atoms. The maximum Gasteiger partial charge on any atom is 0.143 e. The minimum Gasteiger partial charge on any atom is -0.415 e. The van der Waals surface area contributed by atoms with Crippen LogP contribution in [-0.2, 0) is 4.43 Å². The van der Waals surface area contributed by atoms with Crippen molar-refractivity contribution < 1.29 is 4.43 Å². The van der Waals surface area contributed by atoms with Gasteiger partial charge in [-0.1, -0.05) is 5.92 Å². The first-order valence-corrected chi connectivity index (χ1v) is 12.6. The van der Waals surface area contributed by atoms with E-state index in [1.54, 1.807) is 0 Å². The van der Waals surface area contributed by atoms with Gasteiger partial charge in [0, 0.05) is 8.55 Å². The highest BCUT2D eigenvalue weighted by molar-refractivity contribution is 7.37. The highest BCUT2D eigenvalue weighted by Gasteiger charge is 2.20. The number of terminal acetylenes is 2. The Morgan fingerprint density at radius 1 is 1.60 bits per heavy atom. The molecule has 0 radical (unpaired) electrons. The van der Waals surface area contributed by atoms with Gasteiger partial charge in [0.15, 0.2) is 0 Å². The average Bonchev–Trinajstić information content (AvgIpc) is 2.05. The highest BCUT2D eigenvalue weighted by Crippen LogP contribution is 2.05. The normalized spacial score (nSPS) is 37.0. The lowest BCUT2D eigenvalue weighted by molar-refractivity contribution is 0.300. The fourth-order valence-corrected chi connectivity index (χ4v) is 15.2. The Labute approximate surface area is 67.5 Å². The summed E-state index contributed by atoms with van der Waals surface area (Å²) in [4.78, 5) is 0. The van der Waals surface area contributed by atoms with Crippen molar-refractivity contribution in [1.82, 2.24) is 0 Å². The lowest BCUT2D eigenvalue weighted by Crippen LogP contribution is -2.39. The summed E-state index contributed by atoms with van der Waals surface area (Å²) in [5.74, 6) is 2.64. The Balaban J connectivity index is 2.43. The van der Waals surface area contributed by atoms with E-state index in [4.69, 9.17) is 17.3 Å². The predicted molar refractivity (Wildman–Crippen MR) is 51.6 cm³/mol. The van der Waals surface area contributed by atoms with E-state index in [1.165, 1.54) is 0 Å². The molecule has 52 valence electrons. The summed E-state index contributed by atoms with van der Waals surface area (Å²) in [6.45, 7) is 0. The van der Waals surface area contributed by atoms with Crippen molar-refractivity contribution in [3.05, 3.63) is 0 Å². The van der Waals surface area contributed by atoms with Crippen LogP contribution >= 0.6 is 0 Å². The van der Waals surface area contributed by atoms with Gasteiger partial charge >= 0.3 is 0 Å². The standard InChI is InChI=1S/C6H10OSi3/c1-3-6-5-10(4-2)9-8-7-6/h1-2,6,10H,5,8-9H2. The van der Waals surface area contributed by atoms with Crippen molar-refractivity contribution in [2.75, 3.05) is 0 Å². The zero-order chi connectivity index (χ0) is 7.40. The minimum absolute atomic E-state index is 0.105. The SMILES string of the molecule is C#CC1C[SiH](C#C)[SiH2][SiH2]O1. The first-order valence-electron chi connectivity index (χ1n) is 3.40. The molecular weight excluding hydrogens is 172 g/mol. The van der Waals surface area contributed by atoms with Gasteiger partial charge in [0.1, 0.15) is 23.7 Å². The second-order valence-corrected chi connectivity index (χ2v) is 17.0. The maximum atomic E-state index is 5.46. The fraction of sp³-hybridized carbons (Fsp3) is 0.333. The molecule has 0 spiro atoms.